The molecule has 0 radical (unpaired) electrons. The van der Waals surface area contributed by atoms with E-state index in [0.29, 0.717) is 5.92 Å². The van der Waals surface area contributed by atoms with E-state index < -0.39 is 0 Å². The van der Waals surface area contributed by atoms with Crippen LogP contribution in [0.25, 0.3) is 11.2 Å². The monoisotopic (exact) mass is 203 g/mol. The normalized spacial score (nSPS) is 21.3. The lowest BCUT2D eigenvalue weighted by molar-refractivity contribution is 0.193. The van der Waals surface area contributed by atoms with Crippen molar-refractivity contribution in [2.24, 2.45) is 7.05 Å². The summed E-state index contributed by atoms with van der Waals surface area (Å²) in [6, 6.07) is 3.92. The second-order valence-corrected chi connectivity index (χ2v) is 3.94. The first kappa shape index (κ1) is 8.85. The van der Waals surface area contributed by atoms with Crippen molar-refractivity contribution in [3.8, 4) is 0 Å². The van der Waals surface area contributed by atoms with Crippen LogP contribution in [0.2, 0.25) is 0 Å². The van der Waals surface area contributed by atoms with Gasteiger partial charge in [0, 0.05) is 25.8 Å². The molecule has 4 heteroatoms. The molecule has 78 valence electrons. The molecule has 1 unspecified atom stereocenters. The fourth-order valence-electron chi connectivity index (χ4n) is 2.14. The minimum absolute atomic E-state index is 0.434. The number of fused-ring (bicyclic) bond motifs is 1. The van der Waals surface area contributed by atoms with Crippen molar-refractivity contribution in [2.45, 2.75) is 12.3 Å². The van der Waals surface area contributed by atoms with Crippen LogP contribution < -0.4 is 0 Å². The van der Waals surface area contributed by atoms with E-state index in [9.17, 15) is 0 Å². The van der Waals surface area contributed by atoms with Gasteiger partial charge in [0.25, 0.3) is 0 Å². The second-order valence-electron chi connectivity index (χ2n) is 3.94. The maximum atomic E-state index is 5.39. The Morgan fingerprint density at radius 1 is 1.53 bits per heavy atom. The summed E-state index contributed by atoms with van der Waals surface area (Å²) in [5, 5.41) is 0. The molecular weight excluding hydrogens is 190 g/mol. The number of rotatable bonds is 1. The number of imidazole rings is 1. The Labute approximate surface area is 87.9 Å². The van der Waals surface area contributed by atoms with E-state index in [1.54, 1.807) is 6.20 Å². The zero-order valence-corrected chi connectivity index (χ0v) is 8.68. The van der Waals surface area contributed by atoms with Crippen molar-refractivity contribution in [3.63, 3.8) is 0 Å². The van der Waals surface area contributed by atoms with Gasteiger partial charge in [0.2, 0.25) is 0 Å². The van der Waals surface area contributed by atoms with Gasteiger partial charge in [0.15, 0.2) is 5.65 Å². The highest BCUT2D eigenvalue weighted by molar-refractivity contribution is 5.71. The molecule has 1 fully saturated rings. The van der Waals surface area contributed by atoms with E-state index in [1.165, 1.54) is 0 Å². The molecule has 1 aliphatic rings. The van der Waals surface area contributed by atoms with Gasteiger partial charge in [-0.3, -0.25) is 0 Å². The van der Waals surface area contributed by atoms with E-state index in [2.05, 4.69) is 14.5 Å². The number of hydrogen-bond donors (Lipinski definition) is 0. The van der Waals surface area contributed by atoms with Gasteiger partial charge in [0.05, 0.1) is 6.61 Å². The number of ether oxygens (including phenoxy) is 1. The smallest absolute Gasteiger partial charge is 0.159 e. The lowest BCUT2D eigenvalue weighted by atomic mass is 10.1. The standard InChI is InChI=1S/C11H13N3O/c1-14-10(8-4-6-15-7-8)13-9-3-2-5-12-11(9)14/h2-3,5,8H,4,6-7H2,1H3. The Kier molecular flexibility index (Phi) is 1.95. The second kappa shape index (κ2) is 3.31. The summed E-state index contributed by atoms with van der Waals surface area (Å²) >= 11 is 0. The van der Waals surface area contributed by atoms with Crippen molar-refractivity contribution < 1.29 is 4.74 Å². The average Bonchev–Trinajstić information content (AvgIpc) is 2.87. The number of hydrogen-bond acceptors (Lipinski definition) is 3. The summed E-state index contributed by atoms with van der Waals surface area (Å²) in [5.74, 6) is 1.53. The highest BCUT2D eigenvalue weighted by atomic mass is 16.5. The van der Waals surface area contributed by atoms with Gasteiger partial charge in [-0.1, -0.05) is 0 Å². The summed E-state index contributed by atoms with van der Waals surface area (Å²) in [7, 11) is 2.02. The van der Waals surface area contributed by atoms with Crippen molar-refractivity contribution in [1.82, 2.24) is 14.5 Å². The van der Waals surface area contributed by atoms with Crippen LogP contribution in [0.5, 0.6) is 0 Å². The molecule has 0 bridgehead atoms. The predicted molar refractivity (Wildman–Crippen MR) is 56.7 cm³/mol. The third kappa shape index (κ3) is 1.33. The lowest BCUT2D eigenvalue weighted by Gasteiger charge is -2.06. The molecule has 1 atom stereocenters. The van der Waals surface area contributed by atoms with Crippen molar-refractivity contribution >= 4 is 11.2 Å². The Hall–Kier alpha value is -1.42. The summed E-state index contributed by atoms with van der Waals surface area (Å²) in [5.41, 5.74) is 1.93. The van der Waals surface area contributed by atoms with Crippen LogP contribution in [-0.2, 0) is 11.8 Å². The molecule has 1 aliphatic heterocycles. The highest BCUT2D eigenvalue weighted by Gasteiger charge is 2.23. The van der Waals surface area contributed by atoms with Crippen molar-refractivity contribution in [1.29, 1.82) is 0 Å². The van der Waals surface area contributed by atoms with E-state index >= 15 is 0 Å². The molecule has 2 aromatic heterocycles. The molecule has 0 spiro atoms. The number of pyridine rings is 1. The average molecular weight is 203 g/mol. The molecule has 15 heavy (non-hydrogen) atoms. The fourth-order valence-corrected chi connectivity index (χ4v) is 2.14. The van der Waals surface area contributed by atoms with Crippen LogP contribution in [0.15, 0.2) is 18.3 Å². The first-order valence-electron chi connectivity index (χ1n) is 5.21. The van der Waals surface area contributed by atoms with Crippen LogP contribution in [0.1, 0.15) is 18.2 Å². The largest absolute Gasteiger partial charge is 0.381 e. The highest BCUT2D eigenvalue weighted by Crippen LogP contribution is 2.26. The maximum absolute atomic E-state index is 5.39. The molecule has 0 saturated carbocycles. The quantitative estimate of drug-likeness (QED) is 0.704. The summed E-state index contributed by atoms with van der Waals surface area (Å²) in [6.45, 7) is 1.64. The SMILES string of the molecule is Cn1c(C2CCOC2)nc2cccnc21. The van der Waals surface area contributed by atoms with Crippen molar-refractivity contribution in [2.75, 3.05) is 13.2 Å². The van der Waals surface area contributed by atoms with Crippen molar-refractivity contribution in [3.05, 3.63) is 24.2 Å². The minimum atomic E-state index is 0.434. The molecule has 0 aromatic carbocycles. The third-order valence-electron chi connectivity index (χ3n) is 2.96. The summed E-state index contributed by atoms with van der Waals surface area (Å²) in [6.07, 6.45) is 2.87. The van der Waals surface area contributed by atoms with Crippen LogP contribution >= 0.6 is 0 Å². The van der Waals surface area contributed by atoms with E-state index in [0.717, 1.165) is 36.6 Å². The Bertz CT molecular complexity index is 486. The van der Waals surface area contributed by atoms with E-state index in [-0.39, 0.29) is 0 Å². The minimum Gasteiger partial charge on any atom is -0.381 e. The van der Waals surface area contributed by atoms with Gasteiger partial charge in [-0.05, 0) is 18.6 Å². The third-order valence-corrected chi connectivity index (χ3v) is 2.96. The molecular formula is C11H13N3O. The topological polar surface area (TPSA) is 39.9 Å². The number of aromatic nitrogens is 3. The first-order chi connectivity index (χ1) is 7.36. The van der Waals surface area contributed by atoms with Crippen LogP contribution in [0, 0.1) is 0 Å². The molecule has 3 heterocycles. The molecule has 4 nitrogen and oxygen atoms in total. The van der Waals surface area contributed by atoms with Gasteiger partial charge >= 0.3 is 0 Å². The zero-order valence-electron chi connectivity index (χ0n) is 8.68. The molecule has 2 aromatic rings. The van der Waals surface area contributed by atoms with Gasteiger partial charge < -0.3 is 9.30 Å². The number of aryl methyl sites for hydroxylation is 1. The lowest BCUT2D eigenvalue weighted by Crippen LogP contribution is -2.06. The van der Waals surface area contributed by atoms with Gasteiger partial charge in [-0.2, -0.15) is 0 Å². The molecule has 0 N–H and O–H groups in total. The summed E-state index contributed by atoms with van der Waals surface area (Å²) < 4.78 is 7.47. The maximum Gasteiger partial charge on any atom is 0.159 e. The molecule has 3 rings (SSSR count). The van der Waals surface area contributed by atoms with Crippen LogP contribution in [0.4, 0.5) is 0 Å². The van der Waals surface area contributed by atoms with Crippen LogP contribution in [-0.4, -0.2) is 27.7 Å². The molecule has 0 amide bonds. The van der Waals surface area contributed by atoms with Gasteiger partial charge in [-0.25, -0.2) is 9.97 Å². The first-order valence-corrected chi connectivity index (χ1v) is 5.21. The van der Waals surface area contributed by atoms with E-state index in [1.807, 2.05) is 19.2 Å². The Morgan fingerprint density at radius 2 is 2.47 bits per heavy atom. The fraction of sp³-hybridized carbons (Fsp3) is 0.455. The molecule has 0 aliphatic carbocycles. The predicted octanol–water partition coefficient (Wildman–Crippen LogP) is 1.47. The van der Waals surface area contributed by atoms with Gasteiger partial charge in [0.1, 0.15) is 11.3 Å². The number of nitrogens with zero attached hydrogens (tertiary/aromatic N) is 3. The summed E-state index contributed by atoms with van der Waals surface area (Å²) in [4.78, 5) is 8.95. The Balaban J connectivity index is 2.14. The van der Waals surface area contributed by atoms with E-state index in [4.69, 9.17) is 4.74 Å². The molecule has 1 saturated heterocycles. The zero-order chi connectivity index (χ0) is 10.3. The van der Waals surface area contributed by atoms with Gasteiger partial charge in [-0.15, -0.1) is 0 Å². The van der Waals surface area contributed by atoms with Crippen LogP contribution in [0.3, 0.4) is 0 Å². The Morgan fingerprint density at radius 3 is 3.20 bits per heavy atom.